The summed E-state index contributed by atoms with van der Waals surface area (Å²) >= 11 is 18.2. The van der Waals surface area contributed by atoms with Gasteiger partial charge in [-0.05, 0) is 66.1 Å². The number of amides is 1. The lowest BCUT2D eigenvalue weighted by atomic mass is 10.1. The van der Waals surface area contributed by atoms with Gasteiger partial charge in [0.15, 0.2) is 0 Å². The lowest BCUT2D eigenvalue weighted by Gasteiger charge is -2.10. The molecular formula is C24H17Cl3N2O2. The number of hydrogen-bond donors (Lipinski definition) is 1. The van der Waals surface area contributed by atoms with Crippen LogP contribution in [0.3, 0.4) is 0 Å². The van der Waals surface area contributed by atoms with Crippen LogP contribution in [-0.4, -0.2) is 5.91 Å². The van der Waals surface area contributed by atoms with Gasteiger partial charge in [0.2, 0.25) is 0 Å². The zero-order chi connectivity index (χ0) is 22.4. The van der Waals surface area contributed by atoms with Crippen molar-refractivity contribution in [2.75, 3.05) is 5.32 Å². The summed E-state index contributed by atoms with van der Waals surface area (Å²) in [5.41, 5.74) is 2.86. The van der Waals surface area contributed by atoms with Crippen molar-refractivity contribution in [3.63, 3.8) is 0 Å². The largest absolute Gasteiger partial charge is 0.487 e. The maximum Gasteiger partial charge on any atom is 0.266 e. The number of nitrogens with one attached hydrogen (secondary N) is 1. The minimum atomic E-state index is -0.535. The van der Waals surface area contributed by atoms with Gasteiger partial charge in [0, 0.05) is 15.7 Å². The number of rotatable bonds is 6. The van der Waals surface area contributed by atoms with Crippen molar-refractivity contribution in [3.8, 4) is 11.8 Å². The molecule has 3 aromatic carbocycles. The predicted molar refractivity (Wildman–Crippen MR) is 126 cm³/mol. The van der Waals surface area contributed by atoms with E-state index in [1.807, 2.05) is 25.1 Å². The number of nitrogens with zero attached hydrogens (tertiary/aromatic N) is 1. The van der Waals surface area contributed by atoms with Crippen LogP contribution in [0.15, 0.2) is 66.2 Å². The second kappa shape index (κ2) is 10.4. The second-order valence-corrected chi connectivity index (χ2v) is 7.97. The monoisotopic (exact) mass is 470 g/mol. The topological polar surface area (TPSA) is 62.1 Å². The number of nitriles is 1. The van der Waals surface area contributed by atoms with Crippen molar-refractivity contribution in [3.05, 3.63) is 98.0 Å². The molecule has 0 aliphatic carbocycles. The first kappa shape index (κ1) is 22.7. The molecule has 3 rings (SSSR count). The standard InChI is InChI=1S/C24H17Cl3N2O2/c1-15-2-6-20(26)12-22(15)29-24(30)18(13-28)10-17-5-9-23(21(27)11-17)31-14-16-3-7-19(25)8-4-16/h2-12H,14H2,1H3,(H,29,30)/b18-10+. The van der Waals surface area contributed by atoms with Gasteiger partial charge in [0.1, 0.15) is 24.0 Å². The highest BCUT2D eigenvalue weighted by molar-refractivity contribution is 6.32. The molecule has 0 fully saturated rings. The van der Waals surface area contributed by atoms with E-state index < -0.39 is 5.91 Å². The lowest BCUT2D eigenvalue weighted by molar-refractivity contribution is -0.112. The van der Waals surface area contributed by atoms with Gasteiger partial charge in [-0.2, -0.15) is 5.26 Å². The smallest absolute Gasteiger partial charge is 0.266 e. The van der Waals surface area contributed by atoms with Crippen molar-refractivity contribution >= 4 is 52.5 Å². The molecule has 31 heavy (non-hydrogen) atoms. The van der Waals surface area contributed by atoms with Crippen molar-refractivity contribution in [1.82, 2.24) is 0 Å². The average molecular weight is 472 g/mol. The van der Waals surface area contributed by atoms with Crippen molar-refractivity contribution < 1.29 is 9.53 Å². The molecule has 0 bridgehead atoms. The van der Waals surface area contributed by atoms with E-state index in [-0.39, 0.29) is 5.57 Å². The molecule has 156 valence electrons. The van der Waals surface area contributed by atoms with Gasteiger partial charge in [0.25, 0.3) is 5.91 Å². The molecule has 0 radical (unpaired) electrons. The van der Waals surface area contributed by atoms with E-state index in [1.54, 1.807) is 48.5 Å². The molecule has 0 aliphatic rings. The molecule has 1 N–H and O–H groups in total. The highest BCUT2D eigenvalue weighted by atomic mass is 35.5. The Kier molecular flexibility index (Phi) is 7.59. The second-order valence-electron chi connectivity index (χ2n) is 6.69. The zero-order valence-electron chi connectivity index (χ0n) is 16.5. The Balaban J connectivity index is 1.72. The third-order valence-electron chi connectivity index (χ3n) is 4.39. The quantitative estimate of drug-likeness (QED) is 0.308. The van der Waals surface area contributed by atoms with Gasteiger partial charge in [-0.15, -0.1) is 0 Å². The summed E-state index contributed by atoms with van der Waals surface area (Å²) in [6, 6.07) is 19.4. The molecule has 0 atom stereocenters. The van der Waals surface area contributed by atoms with Crippen LogP contribution in [-0.2, 0) is 11.4 Å². The van der Waals surface area contributed by atoms with E-state index in [1.165, 1.54) is 6.08 Å². The van der Waals surface area contributed by atoms with E-state index in [4.69, 9.17) is 39.5 Å². The van der Waals surface area contributed by atoms with Crippen LogP contribution >= 0.6 is 34.8 Å². The molecular weight excluding hydrogens is 455 g/mol. The summed E-state index contributed by atoms with van der Waals surface area (Å²) < 4.78 is 5.75. The van der Waals surface area contributed by atoms with Crippen LogP contribution in [0.1, 0.15) is 16.7 Å². The molecule has 3 aromatic rings. The molecule has 0 saturated carbocycles. The number of anilines is 1. The van der Waals surface area contributed by atoms with Crippen molar-refractivity contribution in [2.24, 2.45) is 0 Å². The van der Waals surface area contributed by atoms with Gasteiger partial charge < -0.3 is 10.1 Å². The molecule has 0 saturated heterocycles. The minimum absolute atomic E-state index is 0.0646. The third kappa shape index (κ3) is 6.26. The zero-order valence-corrected chi connectivity index (χ0v) is 18.7. The summed E-state index contributed by atoms with van der Waals surface area (Å²) in [5.74, 6) is -0.0432. The number of carbonyl (C=O) groups excluding carboxylic acids is 1. The van der Waals surface area contributed by atoms with Crippen LogP contribution in [0, 0.1) is 18.3 Å². The number of benzene rings is 3. The summed E-state index contributed by atoms with van der Waals surface area (Å²) in [6.45, 7) is 2.17. The maximum absolute atomic E-state index is 12.5. The Morgan fingerprint density at radius 2 is 1.74 bits per heavy atom. The first-order chi connectivity index (χ1) is 14.9. The highest BCUT2D eigenvalue weighted by Gasteiger charge is 2.12. The lowest BCUT2D eigenvalue weighted by Crippen LogP contribution is -2.14. The van der Waals surface area contributed by atoms with Crippen LogP contribution in [0.4, 0.5) is 5.69 Å². The SMILES string of the molecule is Cc1ccc(Cl)cc1NC(=O)/C(C#N)=C/c1ccc(OCc2ccc(Cl)cc2)c(Cl)c1. The maximum atomic E-state index is 12.5. The van der Waals surface area contributed by atoms with Crippen LogP contribution in [0.2, 0.25) is 15.1 Å². The third-order valence-corrected chi connectivity index (χ3v) is 5.17. The molecule has 0 heterocycles. The van der Waals surface area contributed by atoms with E-state index in [2.05, 4.69) is 5.32 Å². The molecule has 0 spiro atoms. The Hall–Kier alpha value is -2.97. The fourth-order valence-electron chi connectivity index (χ4n) is 2.70. The summed E-state index contributed by atoms with van der Waals surface area (Å²) in [5, 5.41) is 13.7. The van der Waals surface area contributed by atoms with Gasteiger partial charge in [-0.1, -0.05) is 59.1 Å². The molecule has 0 aromatic heterocycles. The van der Waals surface area contributed by atoms with Crippen LogP contribution in [0.25, 0.3) is 6.08 Å². The van der Waals surface area contributed by atoms with E-state index >= 15 is 0 Å². The number of halogens is 3. The van der Waals surface area contributed by atoms with Crippen molar-refractivity contribution in [2.45, 2.75) is 13.5 Å². The van der Waals surface area contributed by atoms with E-state index in [0.29, 0.717) is 38.7 Å². The summed E-state index contributed by atoms with van der Waals surface area (Å²) in [7, 11) is 0. The Labute approximate surface area is 195 Å². The normalized spacial score (nSPS) is 11.0. The molecule has 7 heteroatoms. The van der Waals surface area contributed by atoms with Gasteiger partial charge in [-0.3, -0.25) is 4.79 Å². The Bertz CT molecular complexity index is 1180. The Morgan fingerprint density at radius 1 is 1.03 bits per heavy atom. The van der Waals surface area contributed by atoms with Gasteiger partial charge >= 0.3 is 0 Å². The van der Waals surface area contributed by atoms with Gasteiger partial charge in [-0.25, -0.2) is 0 Å². The van der Waals surface area contributed by atoms with Crippen LogP contribution in [0.5, 0.6) is 5.75 Å². The molecule has 0 aliphatic heterocycles. The number of ether oxygens (including phenoxy) is 1. The van der Waals surface area contributed by atoms with Crippen molar-refractivity contribution in [1.29, 1.82) is 5.26 Å². The number of carbonyl (C=O) groups is 1. The number of aryl methyl sites for hydroxylation is 1. The number of hydrogen-bond acceptors (Lipinski definition) is 3. The fourth-order valence-corrected chi connectivity index (χ4v) is 3.24. The van der Waals surface area contributed by atoms with Gasteiger partial charge in [0.05, 0.1) is 5.02 Å². The first-order valence-electron chi connectivity index (χ1n) is 9.22. The fraction of sp³-hybridized carbons (Fsp3) is 0.0833. The minimum Gasteiger partial charge on any atom is -0.487 e. The van der Waals surface area contributed by atoms with E-state index in [9.17, 15) is 10.1 Å². The molecule has 0 unspecified atom stereocenters. The molecule has 4 nitrogen and oxygen atoms in total. The Morgan fingerprint density at radius 3 is 2.42 bits per heavy atom. The first-order valence-corrected chi connectivity index (χ1v) is 10.3. The summed E-state index contributed by atoms with van der Waals surface area (Å²) in [6.07, 6.45) is 1.46. The molecule has 1 amide bonds. The predicted octanol–water partition coefficient (Wildman–Crippen LogP) is 7.08. The van der Waals surface area contributed by atoms with E-state index in [0.717, 1.165) is 11.1 Å². The highest BCUT2D eigenvalue weighted by Crippen LogP contribution is 2.28. The average Bonchev–Trinajstić information content (AvgIpc) is 2.75. The van der Waals surface area contributed by atoms with Crippen LogP contribution < -0.4 is 10.1 Å². The summed E-state index contributed by atoms with van der Waals surface area (Å²) in [4.78, 5) is 12.5.